The molecule has 12 unspecified atom stereocenters. The number of ether oxygens (including phenoxy) is 5. The summed E-state index contributed by atoms with van der Waals surface area (Å²) >= 11 is 0. The van der Waals surface area contributed by atoms with E-state index in [0.717, 1.165) is 57.5 Å². The van der Waals surface area contributed by atoms with E-state index in [2.05, 4.69) is 0 Å². The molecule has 0 aromatic heterocycles. The summed E-state index contributed by atoms with van der Waals surface area (Å²) in [5.74, 6) is -4.04. The Hall–Kier alpha value is -2.56. The van der Waals surface area contributed by atoms with Crippen LogP contribution in [0.25, 0.3) is 0 Å². The Labute approximate surface area is 320 Å². The highest BCUT2D eigenvalue weighted by atomic mass is 32.2. The topological polar surface area (TPSA) is 186 Å². The van der Waals surface area contributed by atoms with Gasteiger partial charge in [-0.25, -0.2) is 4.79 Å². The molecule has 0 aromatic rings. The normalized spacial score (nSPS) is 41.6. The Kier molecular flexibility index (Phi) is 11.6. The molecule has 308 valence electrons. The molecule has 13 nitrogen and oxygen atoms in total. The van der Waals surface area contributed by atoms with E-state index in [-0.39, 0.29) is 74.6 Å². The number of hydrogen-bond donors (Lipinski definition) is 1. The number of halogens is 2. The Morgan fingerprint density at radius 1 is 0.764 bits per heavy atom. The molecule has 7 aliphatic rings. The Morgan fingerprint density at radius 3 is 1.87 bits per heavy atom. The molecule has 0 amide bonds. The van der Waals surface area contributed by atoms with Gasteiger partial charge in [0.05, 0.1) is 24.0 Å². The fourth-order valence-corrected chi connectivity index (χ4v) is 12.2. The van der Waals surface area contributed by atoms with E-state index in [1.54, 1.807) is 0 Å². The third-order valence-corrected chi connectivity index (χ3v) is 15.1. The Bertz CT molecular complexity index is 1610. The fourth-order valence-electron chi connectivity index (χ4n) is 11.9. The lowest BCUT2D eigenvalue weighted by Crippen LogP contribution is -2.54. The van der Waals surface area contributed by atoms with Gasteiger partial charge in [-0.2, -0.15) is 17.2 Å². The number of hydrogen-bond acceptors (Lipinski definition) is 12. The predicted molar refractivity (Wildman–Crippen MR) is 186 cm³/mol. The summed E-state index contributed by atoms with van der Waals surface area (Å²) in [6, 6.07) is 0. The standard InChI is InChI=1S/C39H54F2O13S/c40-39(41,55(47,48)49)35(46)54-38-9-3-6-26(17-38)12-29(18-38)32-50-21-30(22-51-33(44)36-7-1-4-24(13-36)10-27(15-36)19-42)31(53-32)23-52-34(45)37-8-2-5-25(14-37)11-28(16-37)20-43/h19-20,24-32H,1-18,21-23H2,(H,47,48,49). The van der Waals surface area contributed by atoms with Crippen LogP contribution in [0.15, 0.2) is 0 Å². The molecule has 0 radical (unpaired) electrons. The highest BCUT2D eigenvalue weighted by Crippen LogP contribution is 2.54. The van der Waals surface area contributed by atoms with Crippen LogP contribution in [0, 0.1) is 52.3 Å². The quantitative estimate of drug-likeness (QED) is 0.115. The number of esters is 3. The van der Waals surface area contributed by atoms with Crippen molar-refractivity contribution in [2.75, 3.05) is 19.8 Å². The van der Waals surface area contributed by atoms with Crippen LogP contribution in [0.3, 0.4) is 0 Å². The predicted octanol–water partition coefficient (Wildman–Crippen LogP) is 5.36. The lowest BCUT2D eigenvalue weighted by Gasteiger charge is -2.50. The van der Waals surface area contributed by atoms with E-state index < -0.39 is 68.0 Å². The lowest BCUT2D eigenvalue weighted by atomic mass is 9.59. The van der Waals surface area contributed by atoms with E-state index in [1.807, 2.05) is 0 Å². The smallest absolute Gasteiger partial charge is 0.465 e. The zero-order valence-electron chi connectivity index (χ0n) is 31.2. The van der Waals surface area contributed by atoms with E-state index in [1.165, 1.54) is 0 Å². The summed E-state index contributed by atoms with van der Waals surface area (Å²) in [6.07, 6.45) is 11.1. The first kappa shape index (κ1) is 40.6. The van der Waals surface area contributed by atoms with E-state index in [0.29, 0.717) is 51.4 Å². The number of aldehydes is 2. The third kappa shape index (κ3) is 8.25. The van der Waals surface area contributed by atoms with Gasteiger partial charge in [-0.3, -0.25) is 14.1 Å². The van der Waals surface area contributed by atoms with Gasteiger partial charge >= 0.3 is 33.3 Å². The molecule has 12 atom stereocenters. The number of alkyl halides is 2. The van der Waals surface area contributed by atoms with Crippen LogP contribution >= 0.6 is 0 Å². The zero-order chi connectivity index (χ0) is 39.2. The Morgan fingerprint density at radius 2 is 1.31 bits per heavy atom. The SMILES string of the molecule is O=CC1CC2CCCC(C(=O)OCC3COC(C4CC5CCCC(OC(=O)C(F)(F)S(=O)(=O)O)(C5)C4)OC3COC(=O)C34CCCC(CC(C=O)C3)C4)(C1)C2. The molecule has 1 N–H and O–H groups in total. The summed E-state index contributed by atoms with van der Waals surface area (Å²) in [7, 11) is -6.06. The van der Waals surface area contributed by atoms with Crippen molar-refractivity contribution in [3.05, 3.63) is 0 Å². The van der Waals surface area contributed by atoms with Gasteiger partial charge in [0.1, 0.15) is 30.9 Å². The highest BCUT2D eigenvalue weighted by molar-refractivity contribution is 7.87. The van der Waals surface area contributed by atoms with Gasteiger partial charge in [0.25, 0.3) is 0 Å². The maximum Gasteiger partial charge on any atom is 0.465 e. The minimum atomic E-state index is -6.06. The second-order valence-corrected chi connectivity index (χ2v) is 19.7. The molecule has 6 saturated carbocycles. The van der Waals surface area contributed by atoms with Gasteiger partial charge in [0, 0.05) is 23.7 Å². The molecule has 7 fully saturated rings. The number of carbonyl (C=O) groups excluding carboxylic acids is 5. The molecule has 1 saturated heterocycles. The lowest BCUT2D eigenvalue weighted by molar-refractivity contribution is -0.283. The van der Waals surface area contributed by atoms with Crippen LogP contribution < -0.4 is 0 Å². The first-order chi connectivity index (χ1) is 26.1. The average molecular weight is 801 g/mol. The van der Waals surface area contributed by atoms with Crippen molar-refractivity contribution in [3.8, 4) is 0 Å². The Balaban J connectivity index is 1.07. The molecule has 55 heavy (non-hydrogen) atoms. The molecule has 0 spiro atoms. The van der Waals surface area contributed by atoms with Gasteiger partial charge in [-0.1, -0.05) is 32.1 Å². The van der Waals surface area contributed by atoms with E-state index in [9.17, 15) is 41.2 Å². The molecule has 1 heterocycles. The molecule has 0 aromatic carbocycles. The molecule has 16 heteroatoms. The highest BCUT2D eigenvalue weighted by Gasteiger charge is 2.59. The number of rotatable bonds is 12. The van der Waals surface area contributed by atoms with Crippen LogP contribution in [0.2, 0.25) is 0 Å². The van der Waals surface area contributed by atoms with Crippen molar-refractivity contribution < 1.29 is 69.4 Å². The maximum absolute atomic E-state index is 14.3. The van der Waals surface area contributed by atoms with Crippen molar-refractivity contribution in [2.24, 2.45) is 52.3 Å². The number of fused-ring (bicyclic) bond motifs is 6. The van der Waals surface area contributed by atoms with Crippen molar-refractivity contribution in [1.82, 2.24) is 0 Å². The molecule has 7 rings (SSSR count). The van der Waals surface area contributed by atoms with E-state index in [4.69, 9.17) is 28.2 Å². The van der Waals surface area contributed by atoms with Gasteiger partial charge in [0.15, 0.2) is 6.29 Å². The van der Waals surface area contributed by atoms with Gasteiger partial charge < -0.3 is 33.3 Å². The molecular formula is C39H54F2O13S. The monoisotopic (exact) mass is 800 g/mol. The molecular weight excluding hydrogens is 746 g/mol. The van der Waals surface area contributed by atoms with Crippen LogP contribution in [0.4, 0.5) is 8.78 Å². The summed E-state index contributed by atoms with van der Waals surface area (Å²) < 4.78 is 90.4. The minimum Gasteiger partial charge on any atom is -0.465 e. The molecule has 6 bridgehead atoms. The van der Waals surface area contributed by atoms with Gasteiger partial charge in [-0.15, -0.1) is 0 Å². The van der Waals surface area contributed by atoms with Crippen LogP contribution in [-0.4, -0.2) is 86.5 Å². The number of carbonyl (C=O) groups is 5. The first-order valence-electron chi connectivity index (χ1n) is 20.2. The van der Waals surface area contributed by atoms with Gasteiger partial charge in [0.2, 0.25) is 0 Å². The second kappa shape index (κ2) is 15.7. The van der Waals surface area contributed by atoms with E-state index >= 15 is 0 Å². The van der Waals surface area contributed by atoms with Crippen molar-refractivity contribution in [1.29, 1.82) is 0 Å². The third-order valence-electron chi connectivity index (χ3n) is 14.3. The second-order valence-electron chi connectivity index (χ2n) is 18.2. The minimum absolute atomic E-state index is 0.0345. The van der Waals surface area contributed by atoms with Crippen molar-refractivity contribution >= 4 is 40.6 Å². The first-order valence-corrected chi connectivity index (χ1v) is 21.6. The fraction of sp³-hybridized carbons (Fsp3) is 0.872. The van der Waals surface area contributed by atoms with Crippen LogP contribution in [0.5, 0.6) is 0 Å². The van der Waals surface area contributed by atoms with Crippen LogP contribution in [-0.2, 0) is 57.8 Å². The van der Waals surface area contributed by atoms with Crippen molar-refractivity contribution in [3.63, 3.8) is 0 Å². The zero-order valence-corrected chi connectivity index (χ0v) is 32.0. The summed E-state index contributed by atoms with van der Waals surface area (Å²) in [4.78, 5) is 63.8. The largest absolute Gasteiger partial charge is 0.465 e. The molecule has 1 aliphatic heterocycles. The van der Waals surface area contributed by atoms with Crippen molar-refractivity contribution in [2.45, 2.75) is 139 Å². The van der Waals surface area contributed by atoms with Crippen LogP contribution in [0.1, 0.15) is 116 Å². The van der Waals surface area contributed by atoms with Gasteiger partial charge in [-0.05, 0) is 101 Å². The average Bonchev–Trinajstić information content (AvgIpc) is 3.14. The summed E-state index contributed by atoms with van der Waals surface area (Å²) in [6.45, 7) is -0.232. The molecule has 6 aliphatic carbocycles. The summed E-state index contributed by atoms with van der Waals surface area (Å²) in [5, 5.41) is -5.13. The summed E-state index contributed by atoms with van der Waals surface area (Å²) in [5.41, 5.74) is -2.94. The maximum atomic E-state index is 14.3.